The van der Waals surface area contributed by atoms with Crippen LogP contribution in [0.3, 0.4) is 0 Å². The second kappa shape index (κ2) is 6.77. The van der Waals surface area contributed by atoms with Crippen LogP contribution in [0.4, 0.5) is 0 Å². The van der Waals surface area contributed by atoms with Crippen LogP contribution in [0.25, 0.3) is 0 Å². The summed E-state index contributed by atoms with van der Waals surface area (Å²) in [6.07, 6.45) is 12.4. The van der Waals surface area contributed by atoms with Gasteiger partial charge < -0.3 is 0 Å². The predicted octanol–water partition coefficient (Wildman–Crippen LogP) is 6.43. The van der Waals surface area contributed by atoms with Gasteiger partial charge in [-0.1, -0.05) is 38.3 Å². The molecule has 2 saturated carbocycles. The van der Waals surface area contributed by atoms with Crippen molar-refractivity contribution >= 4 is 0 Å². The number of hydrogen-bond acceptors (Lipinski definition) is 0. The maximum Gasteiger partial charge on any atom is -0.0172 e. The molecule has 0 heterocycles. The van der Waals surface area contributed by atoms with Gasteiger partial charge >= 0.3 is 0 Å². The normalized spacial score (nSPS) is 27.5. The predicted molar refractivity (Wildman–Crippen MR) is 85.3 cm³/mol. The van der Waals surface area contributed by atoms with Gasteiger partial charge in [0.1, 0.15) is 0 Å². The first-order valence-corrected chi connectivity index (χ1v) is 8.59. The summed E-state index contributed by atoms with van der Waals surface area (Å²) < 4.78 is 0. The Morgan fingerprint density at radius 1 is 1.16 bits per heavy atom. The third-order valence-electron chi connectivity index (χ3n) is 5.54. The monoisotopic (exact) mass is 260 g/mol. The van der Waals surface area contributed by atoms with Crippen LogP contribution < -0.4 is 0 Å². The van der Waals surface area contributed by atoms with Gasteiger partial charge in [0.15, 0.2) is 0 Å². The van der Waals surface area contributed by atoms with Crippen LogP contribution in [0.1, 0.15) is 85.5 Å². The Kier molecular flexibility index (Phi) is 5.30. The van der Waals surface area contributed by atoms with Crippen molar-refractivity contribution in [3.8, 4) is 0 Å². The molecule has 2 aliphatic carbocycles. The summed E-state index contributed by atoms with van der Waals surface area (Å²) in [4.78, 5) is 0. The summed E-state index contributed by atoms with van der Waals surface area (Å²) in [7, 11) is 0. The standard InChI is InChI=1S/C19H32/c1-5-7-11-19(18-13-12-14(18)3)15(4)17(6-2)16-9-8-10-16/h14,18H,5-13H2,1-4H3. The molecule has 2 rings (SSSR count). The van der Waals surface area contributed by atoms with Crippen LogP contribution in [0.2, 0.25) is 0 Å². The summed E-state index contributed by atoms with van der Waals surface area (Å²) in [6, 6.07) is 0. The molecular weight excluding hydrogens is 228 g/mol. The molecule has 2 unspecified atom stereocenters. The van der Waals surface area contributed by atoms with Crippen molar-refractivity contribution in [2.75, 3.05) is 0 Å². The highest BCUT2D eigenvalue weighted by Crippen LogP contribution is 2.44. The lowest BCUT2D eigenvalue weighted by molar-refractivity contribution is 0.229. The molecule has 0 aliphatic heterocycles. The van der Waals surface area contributed by atoms with Gasteiger partial charge in [-0.15, -0.1) is 0 Å². The molecule has 0 aromatic rings. The van der Waals surface area contributed by atoms with E-state index in [1.54, 1.807) is 16.7 Å². The number of unbranched alkanes of at least 4 members (excludes halogenated alkanes) is 1. The van der Waals surface area contributed by atoms with Crippen molar-refractivity contribution in [2.24, 2.45) is 11.8 Å². The van der Waals surface area contributed by atoms with E-state index in [4.69, 9.17) is 0 Å². The summed E-state index contributed by atoms with van der Waals surface area (Å²) in [6.45, 7) is 9.56. The maximum absolute atomic E-state index is 2.45. The third kappa shape index (κ3) is 3.15. The van der Waals surface area contributed by atoms with Gasteiger partial charge in [0.2, 0.25) is 0 Å². The molecule has 0 N–H and O–H groups in total. The number of allylic oxidation sites excluding steroid dienone is 4. The highest BCUT2D eigenvalue weighted by molar-refractivity contribution is 5.40. The maximum atomic E-state index is 2.45. The Labute approximate surface area is 120 Å². The largest absolute Gasteiger partial charge is 0.0667 e. The Hall–Kier alpha value is -0.520. The molecule has 0 aromatic heterocycles. The Morgan fingerprint density at radius 2 is 1.89 bits per heavy atom. The quantitative estimate of drug-likeness (QED) is 0.516. The first kappa shape index (κ1) is 14.9. The third-order valence-corrected chi connectivity index (χ3v) is 5.54. The molecule has 2 aliphatic rings. The summed E-state index contributed by atoms with van der Waals surface area (Å²) in [5.41, 5.74) is 7.04. The zero-order valence-corrected chi connectivity index (χ0v) is 13.5. The Balaban J connectivity index is 2.24. The Bertz CT molecular complexity index is 363. The van der Waals surface area contributed by atoms with Crippen LogP contribution in [-0.4, -0.2) is 0 Å². The zero-order valence-electron chi connectivity index (χ0n) is 13.5. The second-order valence-electron chi connectivity index (χ2n) is 6.70. The van der Waals surface area contributed by atoms with Gasteiger partial charge in [-0.05, 0) is 81.3 Å². The van der Waals surface area contributed by atoms with Gasteiger partial charge in [0.05, 0.1) is 0 Å². The number of hydrogen-bond donors (Lipinski definition) is 0. The van der Waals surface area contributed by atoms with Crippen molar-refractivity contribution in [3.63, 3.8) is 0 Å². The fourth-order valence-electron chi connectivity index (χ4n) is 3.83. The summed E-state index contributed by atoms with van der Waals surface area (Å²) in [5, 5.41) is 0. The van der Waals surface area contributed by atoms with Gasteiger partial charge in [-0.25, -0.2) is 0 Å². The lowest BCUT2D eigenvalue weighted by atomic mass is 9.67. The highest BCUT2D eigenvalue weighted by atomic mass is 14.4. The minimum Gasteiger partial charge on any atom is -0.0667 e. The molecule has 0 spiro atoms. The first-order chi connectivity index (χ1) is 9.19. The SMILES string of the molecule is CCCCC(=C(C)C(CC)=C1CCC1)C1CCC1C. The molecule has 0 radical (unpaired) electrons. The van der Waals surface area contributed by atoms with Crippen molar-refractivity contribution in [1.82, 2.24) is 0 Å². The van der Waals surface area contributed by atoms with Crippen molar-refractivity contribution in [3.05, 3.63) is 22.3 Å². The lowest BCUT2D eigenvalue weighted by Crippen LogP contribution is -2.26. The molecule has 2 fully saturated rings. The number of rotatable bonds is 6. The minimum atomic E-state index is 0.911. The van der Waals surface area contributed by atoms with Gasteiger partial charge in [0.25, 0.3) is 0 Å². The van der Waals surface area contributed by atoms with E-state index in [1.807, 2.05) is 5.57 Å². The van der Waals surface area contributed by atoms with E-state index >= 15 is 0 Å². The van der Waals surface area contributed by atoms with Crippen LogP contribution in [-0.2, 0) is 0 Å². The molecule has 0 bridgehead atoms. The van der Waals surface area contributed by atoms with E-state index in [0.717, 1.165) is 11.8 Å². The molecule has 0 amide bonds. The van der Waals surface area contributed by atoms with Gasteiger partial charge in [-0.3, -0.25) is 0 Å². The van der Waals surface area contributed by atoms with E-state index in [-0.39, 0.29) is 0 Å². The highest BCUT2D eigenvalue weighted by Gasteiger charge is 2.31. The molecule has 2 atom stereocenters. The van der Waals surface area contributed by atoms with E-state index in [0.29, 0.717) is 0 Å². The summed E-state index contributed by atoms with van der Waals surface area (Å²) >= 11 is 0. The van der Waals surface area contributed by atoms with Gasteiger partial charge in [0, 0.05) is 0 Å². The van der Waals surface area contributed by atoms with Gasteiger partial charge in [-0.2, -0.15) is 0 Å². The van der Waals surface area contributed by atoms with E-state index in [1.165, 1.54) is 57.8 Å². The average Bonchev–Trinajstić information content (AvgIpc) is 2.35. The molecule has 0 saturated heterocycles. The van der Waals surface area contributed by atoms with E-state index < -0.39 is 0 Å². The molecule has 0 aromatic carbocycles. The second-order valence-corrected chi connectivity index (χ2v) is 6.70. The van der Waals surface area contributed by atoms with Crippen LogP contribution in [0.15, 0.2) is 22.3 Å². The lowest BCUT2D eigenvalue weighted by Gasteiger charge is -2.38. The smallest absolute Gasteiger partial charge is 0.0172 e. The minimum absolute atomic E-state index is 0.911. The average molecular weight is 260 g/mol. The first-order valence-electron chi connectivity index (χ1n) is 8.59. The topological polar surface area (TPSA) is 0 Å². The molecule has 19 heavy (non-hydrogen) atoms. The van der Waals surface area contributed by atoms with Crippen LogP contribution in [0.5, 0.6) is 0 Å². The van der Waals surface area contributed by atoms with Crippen molar-refractivity contribution < 1.29 is 0 Å². The summed E-state index contributed by atoms with van der Waals surface area (Å²) in [5.74, 6) is 1.85. The molecule has 0 nitrogen and oxygen atoms in total. The van der Waals surface area contributed by atoms with E-state index in [9.17, 15) is 0 Å². The molecule has 108 valence electrons. The van der Waals surface area contributed by atoms with Crippen LogP contribution >= 0.6 is 0 Å². The molecule has 0 heteroatoms. The van der Waals surface area contributed by atoms with E-state index in [2.05, 4.69) is 27.7 Å². The van der Waals surface area contributed by atoms with Crippen molar-refractivity contribution in [2.45, 2.75) is 85.5 Å². The fourth-order valence-corrected chi connectivity index (χ4v) is 3.83. The Morgan fingerprint density at radius 3 is 2.26 bits per heavy atom. The van der Waals surface area contributed by atoms with Crippen molar-refractivity contribution in [1.29, 1.82) is 0 Å². The molecular formula is C19H32. The zero-order chi connectivity index (χ0) is 13.8. The van der Waals surface area contributed by atoms with Crippen LogP contribution in [0, 0.1) is 11.8 Å². The fraction of sp³-hybridized carbons (Fsp3) is 0.789.